The van der Waals surface area contributed by atoms with Crippen LogP contribution in [-0.4, -0.2) is 45.7 Å². The Hall–Kier alpha value is -1.10. The highest BCUT2D eigenvalue weighted by atomic mass is 16.4. The molecule has 90 valence electrons. The van der Waals surface area contributed by atoms with Gasteiger partial charge in [-0.25, -0.2) is 0 Å². The van der Waals surface area contributed by atoms with Crippen LogP contribution < -0.4 is 0 Å². The molecular weight excluding hydrogens is 210 g/mol. The van der Waals surface area contributed by atoms with Crippen molar-refractivity contribution < 1.29 is 19.8 Å². The fraction of sp³-hybridized carbons (Fsp3) is 0.818. The minimum atomic E-state index is -0.887. The van der Waals surface area contributed by atoms with Crippen molar-refractivity contribution in [2.75, 3.05) is 13.1 Å². The largest absolute Gasteiger partial charge is 0.481 e. The van der Waals surface area contributed by atoms with Crippen molar-refractivity contribution in [2.45, 2.75) is 31.8 Å². The Bertz CT molecular complexity index is 326. The predicted octanol–water partition coefficient (Wildman–Crippen LogP) is 0.0805. The predicted molar refractivity (Wildman–Crippen MR) is 55.7 cm³/mol. The van der Waals surface area contributed by atoms with E-state index in [4.69, 9.17) is 5.11 Å². The fourth-order valence-electron chi connectivity index (χ4n) is 2.38. The van der Waals surface area contributed by atoms with E-state index in [-0.39, 0.29) is 11.8 Å². The van der Waals surface area contributed by atoms with Crippen molar-refractivity contribution in [3.05, 3.63) is 0 Å². The molecule has 2 rings (SSSR count). The number of likely N-dealkylation sites (tertiary alicyclic amines) is 1. The van der Waals surface area contributed by atoms with Gasteiger partial charge in [0, 0.05) is 13.1 Å². The Morgan fingerprint density at radius 3 is 2.56 bits per heavy atom. The lowest BCUT2D eigenvalue weighted by Gasteiger charge is -2.37. The molecule has 0 aromatic heterocycles. The van der Waals surface area contributed by atoms with Gasteiger partial charge in [0.05, 0.1) is 17.4 Å². The molecule has 0 spiro atoms. The van der Waals surface area contributed by atoms with Crippen molar-refractivity contribution in [1.29, 1.82) is 0 Å². The topological polar surface area (TPSA) is 77.8 Å². The smallest absolute Gasteiger partial charge is 0.307 e. The van der Waals surface area contributed by atoms with Gasteiger partial charge in [0.2, 0.25) is 5.91 Å². The molecule has 1 aliphatic carbocycles. The van der Waals surface area contributed by atoms with E-state index in [9.17, 15) is 14.7 Å². The third kappa shape index (κ3) is 2.19. The second-order valence-electron chi connectivity index (χ2n) is 5.15. The van der Waals surface area contributed by atoms with E-state index in [2.05, 4.69) is 0 Å². The number of β-amino-alcohol motifs (C(OH)–C–C–N with tert-alkyl or cyclic N) is 1. The first-order valence-electron chi connectivity index (χ1n) is 5.65. The monoisotopic (exact) mass is 227 g/mol. The Labute approximate surface area is 94.0 Å². The summed E-state index contributed by atoms with van der Waals surface area (Å²) in [6, 6.07) is 0. The summed E-state index contributed by atoms with van der Waals surface area (Å²) < 4.78 is 0. The number of hydrogen-bond donors (Lipinski definition) is 2. The number of amides is 1. The van der Waals surface area contributed by atoms with Crippen LogP contribution in [-0.2, 0) is 9.59 Å². The van der Waals surface area contributed by atoms with Crippen LogP contribution in [0.3, 0.4) is 0 Å². The summed E-state index contributed by atoms with van der Waals surface area (Å²) >= 11 is 0. The maximum atomic E-state index is 11.9. The van der Waals surface area contributed by atoms with Gasteiger partial charge in [0.1, 0.15) is 0 Å². The molecule has 0 aromatic rings. The molecule has 1 aliphatic heterocycles. The first-order valence-corrected chi connectivity index (χ1v) is 5.65. The summed E-state index contributed by atoms with van der Waals surface area (Å²) in [4.78, 5) is 24.2. The molecule has 0 aromatic carbocycles. The second kappa shape index (κ2) is 3.73. The molecule has 1 amide bonds. The highest BCUT2D eigenvalue weighted by Gasteiger charge is 2.50. The third-order valence-corrected chi connectivity index (χ3v) is 3.41. The lowest BCUT2D eigenvalue weighted by Crippen LogP contribution is -2.49. The minimum Gasteiger partial charge on any atom is -0.481 e. The van der Waals surface area contributed by atoms with Crippen molar-refractivity contribution in [3.8, 4) is 0 Å². The highest BCUT2D eigenvalue weighted by Crippen LogP contribution is 2.40. The lowest BCUT2D eigenvalue weighted by molar-refractivity contribution is -0.144. The van der Waals surface area contributed by atoms with E-state index in [1.54, 1.807) is 11.8 Å². The van der Waals surface area contributed by atoms with E-state index in [0.717, 1.165) is 6.42 Å². The zero-order valence-electron chi connectivity index (χ0n) is 9.35. The summed E-state index contributed by atoms with van der Waals surface area (Å²) in [6.07, 6.45) is 1.93. The van der Waals surface area contributed by atoms with Crippen LogP contribution in [0.2, 0.25) is 0 Å². The molecule has 5 nitrogen and oxygen atoms in total. The first-order chi connectivity index (χ1) is 7.41. The van der Waals surface area contributed by atoms with Gasteiger partial charge < -0.3 is 15.1 Å². The van der Waals surface area contributed by atoms with Crippen LogP contribution in [0.1, 0.15) is 26.2 Å². The first kappa shape index (κ1) is 11.4. The second-order valence-corrected chi connectivity index (χ2v) is 5.15. The Kier molecular flexibility index (Phi) is 2.66. The Morgan fingerprint density at radius 2 is 2.06 bits per heavy atom. The molecule has 5 heteroatoms. The standard InChI is InChI=1S/C11H17NO4/c1-11(16)3-2-4-12(6-11)9(13)7-5-8(7)10(14)15/h7-8,16H,2-6H2,1H3,(H,14,15). The summed E-state index contributed by atoms with van der Waals surface area (Å²) in [5.41, 5.74) is -0.818. The van der Waals surface area contributed by atoms with E-state index in [0.29, 0.717) is 25.9 Å². The molecule has 2 fully saturated rings. The molecule has 2 N–H and O–H groups in total. The number of hydrogen-bond acceptors (Lipinski definition) is 3. The van der Waals surface area contributed by atoms with Crippen LogP contribution >= 0.6 is 0 Å². The normalized spacial score (nSPS) is 38.2. The summed E-state index contributed by atoms with van der Waals surface area (Å²) in [5, 5.41) is 18.6. The molecular formula is C11H17NO4. The number of rotatable bonds is 2. The SMILES string of the molecule is CC1(O)CCCN(C(=O)C2CC2C(=O)O)C1. The Balaban J connectivity index is 1.93. The number of nitrogens with zero attached hydrogens (tertiary/aromatic N) is 1. The fourth-order valence-corrected chi connectivity index (χ4v) is 2.38. The number of carbonyl (C=O) groups is 2. The van der Waals surface area contributed by atoms with E-state index in [1.165, 1.54) is 0 Å². The van der Waals surface area contributed by atoms with Crippen LogP contribution in [0.15, 0.2) is 0 Å². The molecule has 0 radical (unpaired) electrons. The van der Waals surface area contributed by atoms with Gasteiger partial charge in [0.15, 0.2) is 0 Å². The highest BCUT2D eigenvalue weighted by molar-refractivity contribution is 5.89. The molecule has 1 saturated carbocycles. The molecule has 0 bridgehead atoms. The van der Waals surface area contributed by atoms with Crippen LogP contribution in [0, 0.1) is 11.8 Å². The average molecular weight is 227 g/mol. The number of carboxylic acids is 1. The van der Waals surface area contributed by atoms with E-state index < -0.39 is 17.5 Å². The minimum absolute atomic E-state index is 0.104. The van der Waals surface area contributed by atoms with Crippen molar-refractivity contribution in [1.82, 2.24) is 4.90 Å². The van der Waals surface area contributed by atoms with Gasteiger partial charge in [-0.3, -0.25) is 9.59 Å². The third-order valence-electron chi connectivity index (χ3n) is 3.41. The molecule has 1 heterocycles. The maximum Gasteiger partial charge on any atom is 0.307 e. The van der Waals surface area contributed by atoms with Gasteiger partial charge in [-0.1, -0.05) is 0 Å². The molecule has 16 heavy (non-hydrogen) atoms. The summed E-state index contributed by atoms with van der Waals surface area (Å²) in [7, 11) is 0. The van der Waals surface area contributed by atoms with Gasteiger partial charge >= 0.3 is 5.97 Å². The van der Waals surface area contributed by atoms with Gasteiger partial charge in [-0.05, 0) is 26.2 Å². The van der Waals surface area contributed by atoms with Gasteiger partial charge in [-0.15, -0.1) is 0 Å². The molecule has 3 unspecified atom stereocenters. The van der Waals surface area contributed by atoms with Crippen LogP contribution in [0.5, 0.6) is 0 Å². The average Bonchev–Trinajstić information content (AvgIpc) is 2.94. The maximum absolute atomic E-state index is 11.9. The number of piperidine rings is 1. The molecule has 1 saturated heterocycles. The number of carboxylic acid groups (broad SMARTS) is 1. The molecule has 3 atom stereocenters. The van der Waals surface area contributed by atoms with Crippen LogP contribution in [0.25, 0.3) is 0 Å². The lowest BCUT2D eigenvalue weighted by atomic mass is 9.95. The Morgan fingerprint density at radius 1 is 1.38 bits per heavy atom. The van der Waals surface area contributed by atoms with E-state index >= 15 is 0 Å². The number of aliphatic carboxylic acids is 1. The summed E-state index contributed by atoms with van der Waals surface area (Å²) in [5.74, 6) is -1.85. The zero-order valence-corrected chi connectivity index (χ0v) is 9.35. The zero-order chi connectivity index (χ0) is 11.9. The summed E-state index contributed by atoms with van der Waals surface area (Å²) in [6.45, 7) is 2.68. The quantitative estimate of drug-likeness (QED) is 0.700. The van der Waals surface area contributed by atoms with Gasteiger partial charge in [0.25, 0.3) is 0 Å². The van der Waals surface area contributed by atoms with Crippen molar-refractivity contribution in [3.63, 3.8) is 0 Å². The number of carbonyl (C=O) groups excluding carboxylic acids is 1. The van der Waals surface area contributed by atoms with Crippen molar-refractivity contribution in [2.24, 2.45) is 11.8 Å². The van der Waals surface area contributed by atoms with Gasteiger partial charge in [-0.2, -0.15) is 0 Å². The van der Waals surface area contributed by atoms with E-state index in [1.807, 2.05) is 0 Å². The number of aliphatic hydroxyl groups is 1. The van der Waals surface area contributed by atoms with Crippen molar-refractivity contribution >= 4 is 11.9 Å². The molecule has 2 aliphatic rings. The van der Waals surface area contributed by atoms with Crippen LogP contribution in [0.4, 0.5) is 0 Å².